The number of rotatable bonds is 5. The fraction of sp³-hybridized carbons (Fsp3) is 0.312. The van der Waals surface area contributed by atoms with Crippen molar-refractivity contribution in [2.75, 3.05) is 20.1 Å². The maximum Gasteiger partial charge on any atom is 0.191 e. The molecule has 0 spiro atoms. The van der Waals surface area contributed by atoms with Crippen LogP contribution in [-0.4, -0.2) is 31.1 Å². The van der Waals surface area contributed by atoms with E-state index in [4.69, 9.17) is 0 Å². The van der Waals surface area contributed by atoms with Gasteiger partial charge in [0, 0.05) is 37.2 Å². The predicted molar refractivity (Wildman–Crippen MR) is 86.3 cm³/mol. The van der Waals surface area contributed by atoms with Crippen molar-refractivity contribution in [1.82, 2.24) is 15.6 Å². The van der Waals surface area contributed by atoms with Crippen molar-refractivity contribution in [3.63, 3.8) is 0 Å². The molecule has 20 heavy (non-hydrogen) atoms. The summed E-state index contributed by atoms with van der Waals surface area (Å²) in [5.74, 6) is 0.807. The Hall–Kier alpha value is -2.23. The van der Waals surface area contributed by atoms with E-state index in [-0.39, 0.29) is 0 Å². The first-order valence-corrected chi connectivity index (χ1v) is 6.87. The number of benzene rings is 1. The number of nitrogens with zero attached hydrogens (tertiary/aromatic N) is 1. The second kappa shape index (κ2) is 6.80. The Kier molecular flexibility index (Phi) is 4.82. The SMILES string of the molecule is C=CCNC(=NC)NCCc1c[nH]c2cccc(C)c12. The Morgan fingerprint density at radius 3 is 3.00 bits per heavy atom. The van der Waals surface area contributed by atoms with Gasteiger partial charge in [-0.1, -0.05) is 18.2 Å². The van der Waals surface area contributed by atoms with Crippen molar-refractivity contribution < 1.29 is 0 Å². The van der Waals surface area contributed by atoms with Gasteiger partial charge in [-0.25, -0.2) is 0 Å². The zero-order chi connectivity index (χ0) is 14.4. The molecule has 0 atom stereocenters. The van der Waals surface area contributed by atoms with Crippen molar-refractivity contribution in [1.29, 1.82) is 0 Å². The van der Waals surface area contributed by atoms with Crippen LogP contribution in [0, 0.1) is 6.92 Å². The number of guanidine groups is 1. The van der Waals surface area contributed by atoms with Crippen LogP contribution in [0.15, 0.2) is 42.0 Å². The second-order valence-corrected chi connectivity index (χ2v) is 4.73. The monoisotopic (exact) mass is 270 g/mol. The van der Waals surface area contributed by atoms with Crippen LogP contribution in [0.2, 0.25) is 0 Å². The average molecular weight is 270 g/mol. The maximum absolute atomic E-state index is 4.16. The number of aromatic nitrogens is 1. The number of aryl methyl sites for hydroxylation is 1. The van der Waals surface area contributed by atoms with Crippen LogP contribution in [0.4, 0.5) is 0 Å². The molecular weight excluding hydrogens is 248 g/mol. The first kappa shape index (κ1) is 14.2. The quantitative estimate of drug-likeness (QED) is 0.444. The topological polar surface area (TPSA) is 52.2 Å². The van der Waals surface area contributed by atoms with Crippen molar-refractivity contribution in [3.05, 3.63) is 48.2 Å². The molecule has 4 heteroatoms. The second-order valence-electron chi connectivity index (χ2n) is 4.73. The molecule has 1 heterocycles. The van der Waals surface area contributed by atoms with Crippen LogP contribution in [0.1, 0.15) is 11.1 Å². The zero-order valence-electron chi connectivity index (χ0n) is 12.2. The van der Waals surface area contributed by atoms with Crippen molar-refractivity contribution in [2.24, 2.45) is 4.99 Å². The van der Waals surface area contributed by atoms with Gasteiger partial charge in [0.05, 0.1) is 0 Å². The number of aromatic amines is 1. The highest BCUT2D eigenvalue weighted by atomic mass is 15.2. The van der Waals surface area contributed by atoms with E-state index in [0.29, 0.717) is 6.54 Å². The summed E-state index contributed by atoms with van der Waals surface area (Å²) in [6.45, 7) is 7.39. The van der Waals surface area contributed by atoms with Gasteiger partial charge in [-0.15, -0.1) is 6.58 Å². The summed E-state index contributed by atoms with van der Waals surface area (Å²) in [6.07, 6.45) is 4.87. The van der Waals surface area contributed by atoms with Crippen LogP contribution in [-0.2, 0) is 6.42 Å². The Balaban J connectivity index is 1.98. The van der Waals surface area contributed by atoms with Crippen molar-refractivity contribution in [3.8, 4) is 0 Å². The number of hydrogen-bond acceptors (Lipinski definition) is 1. The summed E-state index contributed by atoms with van der Waals surface area (Å²) in [5.41, 5.74) is 3.85. The van der Waals surface area contributed by atoms with Crippen LogP contribution < -0.4 is 10.6 Å². The highest BCUT2D eigenvalue weighted by molar-refractivity contribution is 5.86. The normalized spacial score (nSPS) is 11.6. The van der Waals surface area contributed by atoms with Gasteiger partial charge in [0.2, 0.25) is 0 Å². The molecule has 0 saturated heterocycles. The summed E-state index contributed by atoms with van der Waals surface area (Å²) < 4.78 is 0. The van der Waals surface area contributed by atoms with Crippen LogP contribution in [0.5, 0.6) is 0 Å². The lowest BCUT2D eigenvalue weighted by Crippen LogP contribution is -2.38. The third-order valence-electron chi connectivity index (χ3n) is 3.32. The molecule has 106 valence electrons. The van der Waals surface area contributed by atoms with Crippen molar-refractivity contribution >= 4 is 16.9 Å². The van der Waals surface area contributed by atoms with E-state index in [2.05, 4.69) is 58.5 Å². The van der Waals surface area contributed by atoms with Crippen LogP contribution in [0.25, 0.3) is 10.9 Å². The molecular formula is C16H22N4. The van der Waals surface area contributed by atoms with Gasteiger partial charge in [-0.2, -0.15) is 0 Å². The molecule has 2 aromatic rings. The fourth-order valence-electron chi connectivity index (χ4n) is 2.35. The molecule has 2 rings (SSSR count). The molecule has 0 saturated carbocycles. The first-order valence-electron chi connectivity index (χ1n) is 6.87. The highest BCUT2D eigenvalue weighted by Crippen LogP contribution is 2.22. The number of H-pyrrole nitrogens is 1. The lowest BCUT2D eigenvalue weighted by atomic mass is 10.1. The Morgan fingerprint density at radius 1 is 1.40 bits per heavy atom. The molecule has 0 aliphatic heterocycles. The average Bonchev–Trinajstić information content (AvgIpc) is 2.87. The number of hydrogen-bond donors (Lipinski definition) is 3. The summed E-state index contributed by atoms with van der Waals surface area (Å²) >= 11 is 0. The minimum absolute atomic E-state index is 0.714. The van der Waals surface area contributed by atoms with Gasteiger partial charge < -0.3 is 15.6 Å². The molecule has 0 bridgehead atoms. The third-order valence-corrected chi connectivity index (χ3v) is 3.32. The minimum Gasteiger partial charge on any atom is -0.361 e. The van der Waals surface area contributed by atoms with Gasteiger partial charge in [0.1, 0.15) is 0 Å². The standard InChI is InChI=1S/C16H22N4/c1-4-9-18-16(17-3)19-10-8-13-11-20-14-7-5-6-12(2)15(13)14/h4-7,11,20H,1,8-10H2,2-3H3,(H2,17,18,19). The van der Waals surface area contributed by atoms with Gasteiger partial charge in [0.15, 0.2) is 5.96 Å². The largest absolute Gasteiger partial charge is 0.361 e. The summed E-state index contributed by atoms with van der Waals surface area (Å²) in [5, 5.41) is 7.80. The Bertz CT molecular complexity index is 610. The van der Waals surface area contributed by atoms with E-state index in [0.717, 1.165) is 18.9 Å². The van der Waals surface area contributed by atoms with E-state index >= 15 is 0 Å². The van der Waals surface area contributed by atoms with Crippen LogP contribution in [0.3, 0.4) is 0 Å². The number of aliphatic imine (C=N–C) groups is 1. The third kappa shape index (κ3) is 3.20. The van der Waals surface area contributed by atoms with E-state index in [1.54, 1.807) is 7.05 Å². The number of fused-ring (bicyclic) bond motifs is 1. The van der Waals surface area contributed by atoms with E-state index in [9.17, 15) is 0 Å². The highest BCUT2D eigenvalue weighted by Gasteiger charge is 2.05. The van der Waals surface area contributed by atoms with Gasteiger partial charge in [0.25, 0.3) is 0 Å². The zero-order valence-corrected chi connectivity index (χ0v) is 12.2. The first-order chi connectivity index (χ1) is 9.76. The molecule has 0 unspecified atom stereocenters. The fourth-order valence-corrected chi connectivity index (χ4v) is 2.35. The van der Waals surface area contributed by atoms with E-state index in [1.807, 2.05) is 6.08 Å². The summed E-state index contributed by atoms with van der Waals surface area (Å²) in [6, 6.07) is 6.35. The maximum atomic E-state index is 4.16. The molecule has 0 aliphatic carbocycles. The van der Waals surface area contributed by atoms with E-state index in [1.165, 1.54) is 22.0 Å². The van der Waals surface area contributed by atoms with Gasteiger partial charge >= 0.3 is 0 Å². The molecule has 0 amide bonds. The molecule has 0 radical (unpaired) electrons. The minimum atomic E-state index is 0.714. The van der Waals surface area contributed by atoms with E-state index < -0.39 is 0 Å². The number of nitrogens with one attached hydrogen (secondary N) is 3. The molecule has 1 aromatic carbocycles. The summed E-state index contributed by atoms with van der Waals surface area (Å²) in [4.78, 5) is 7.49. The van der Waals surface area contributed by atoms with Gasteiger partial charge in [-0.3, -0.25) is 4.99 Å². The van der Waals surface area contributed by atoms with Crippen LogP contribution >= 0.6 is 0 Å². The Labute approximate surface area is 120 Å². The summed E-state index contributed by atoms with van der Waals surface area (Å²) in [7, 11) is 1.77. The lowest BCUT2D eigenvalue weighted by molar-refractivity contribution is 0.824. The smallest absolute Gasteiger partial charge is 0.191 e. The molecule has 0 aliphatic rings. The molecule has 3 N–H and O–H groups in total. The van der Waals surface area contributed by atoms with Crippen molar-refractivity contribution in [2.45, 2.75) is 13.3 Å². The Morgan fingerprint density at radius 2 is 2.25 bits per heavy atom. The lowest BCUT2D eigenvalue weighted by Gasteiger charge is -2.10. The predicted octanol–water partition coefficient (Wildman–Crippen LogP) is 2.37. The van der Waals surface area contributed by atoms with Gasteiger partial charge in [-0.05, 0) is 30.5 Å². The molecule has 1 aromatic heterocycles. The molecule has 0 fully saturated rings. The molecule has 4 nitrogen and oxygen atoms in total.